The zero-order valence-electron chi connectivity index (χ0n) is 19.1. The summed E-state index contributed by atoms with van der Waals surface area (Å²) < 4.78 is 10.4. The largest absolute Gasteiger partial charge is 0.453 e. The number of aryl methyl sites for hydroxylation is 1. The van der Waals surface area contributed by atoms with E-state index in [1.165, 1.54) is 7.11 Å². The molecule has 9 heteroatoms. The average molecular weight is 434 g/mol. The van der Waals surface area contributed by atoms with E-state index in [1.807, 2.05) is 30.8 Å². The maximum absolute atomic E-state index is 13.3. The minimum atomic E-state index is -0.440. The second-order valence-electron chi connectivity index (χ2n) is 8.49. The topological polar surface area (TPSA) is 96.9 Å². The van der Waals surface area contributed by atoms with Gasteiger partial charge in [-0.15, -0.1) is 0 Å². The van der Waals surface area contributed by atoms with Crippen LogP contribution in [-0.4, -0.2) is 73.4 Å². The van der Waals surface area contributed by atoms with Crippen LogP contribution in [0.15, 0.2) is 6.20 Å². The number of carbonyl (C=O) groups excluding carboxylic acids is 2. The molecule has 0 radical (unpaired) electrons. The molecule has 1 N–H and O–H groups in total. The van der Waals surface area contributed by atoms with Gasteiger partial charge in [-0.3, -0.25) is 9.78 Å². The van der Waals surface area contributed by atoms with E-state index in [4.69, 9.17) is 9.72 Å². The van der Waals surface area contributed by atoms with E-state index in [-0.39, 0.29) is 24.1 Å². The van der Waals surface area contributed by atoms with Gasteiger partial charge in [0.2, 0.25) is 0 Å². The van der Waals surface area contributed by atoms with Crippen LogP contribution in [0.25, 0.3) is 0 Å². The summed E-state index contributed by atoms with van der Waals surface area (Å²) in [6.07, 6.45) is 7.27. The fourth-order valence-electron chi connectivity index (χ4n) is 3.98. The first kappa shape index (κ1) is 23.2. The molecule has 2 fully saturated rings. The summed E-state index contributed by atoms with van der Waals surface area (Å²) in [5.74, 6) is 0.881. The molecule has 2 atom stereocenters. The normalized spacial score (nSPS) is 19.4. The maximum Gasteiger partial charge on any atom is 0.406 e. The molecule has 2 aliphatic rings. The molecule has 1 saturated heterocycles. The number of aromatic nitrogens is 2. The number of hydrogen-bond donors (Lipinski definition) is 1. The molecule has 0 unspecified atom stereocenters. The zero-order valence-corrected chi connectivity index (χ0v) is 19.1. The third-order valence-corrected chi connectivity index (χ3v) is 5.81. The number of methoxy groups -OCH3 is 1. The van der Waals surface area contributed by atoms with Gasteiger partial charge in [0, 0.05) is 33.3 Å². The standard InChI is InChI=1S/C22H35N5O4/c1-15(27(16-10-11-16)21(28)19-9-5-6-13-31-19)18-14-24-20(26(2)3)17(25-18)8-7-12-23-22(29)30-4/h14-16,19H,5-13H2,1-4H3,(H,23,29)/t15-,19-/m1/s1. The first-order chi connectivity index (χ1) is 14.9. The van der Waals surface area contributed by atoms with Gasteiger partial charge in [-0.2, -0.15) is 0 Å². The molecule has 0 bridgehead atoms. The Labute approximate surface area is 184 Å². The average Bonchev–Trinajstić information content (AvgIpc) is 3.61. The summed E-state index contributed by atoms with van der Waals surface area (Å²) in [7, 11) is 5.22. The molecule has 0 spiro atoms. The third kappa shape index (κ3) is 6.06. The molecular weight excluding hydrogens is 398 g/mol. The number of hydrogen-bond acceptors (Lipinski definition) is 7. The van der Waals surface area contributed by atoms with Gasteiger partial charge >= 0.3 is 6.09 Å². The number of nitrogens with zero attached hydrogens (tertiary/aromatic N) is 4. The van der Waals surface area contributed by atoms with Gasteiger partial charge in [0.05, 0.1) is 30.7 Å². The highest BCUT2D eigenvalue weighted by Gasteiger charge is 2.40. The highest BCUT2D eigenvalue weighted by Crippen LogP contribution is 2.36. The predicted octanol–water partition coefficient (Wildman–Crippen LogP) is 2.45. The first-order valence-electron chi connectivity index (χ1n) is 11.2. The number of alkyl carbamates (subject to hydrolysis) is 1. The molecule has 1 aromatic rings. The lowest BCUT2D eigenvalue weighted by atomic mass is 10.1. The van der Waals surface area contributed by atoms with Crippen LogP contribution in [0.3, 0.4) is 0 Å². The summed E-state index contributed by atoms with van der Waals surface area (Å²) in [6.45, 7) is 3.18. The number of nitrogens with one attached hydrogen (secondary N) is 1. The fraction of sp³-hybridized carbons (Fsp3) is 0.727. The van der Waals surface area contributed by atoms with E-state index in [2.05, 4.69) is 15.0 Å². The Hall–Kier alpha value is -2.42. The van der Waals surface area contributed by atoms with Gasteiger partial charge in [-0.05, 0) is 51.9 Å². The molecule has 9 nitrogen and oxygen atoms in total. The Morgan fingerprint density at radius 2 is 2.06 bits per heavy atom. The molecule has 2 heterocycles. The third-order valence-electron chi connectivity index (χ3n) is 5.81. The van der Waals surface area contributed by atoms with Crippen LogP contribution in [0.5, 0.6) is 0 Å². The van der Waals surface area contributed by atoms with Crippen LogP contribution in [0.1, 0.15) is 62.9 Å². The second kappa shape index (κ2) is 10.7. The summed E-state index contributed by atoms with van der Waals surface area (Å²) in [4.78, 5) is 38.0. The van der Waals surface area contributed by atoms with Crippen molar-refractivity contribution in [2.75, 3.05) is 39.3 Å². The van der Waals surface area contributed by atoms with E-state index >= 15 is 0 Å². The van der Waals surface area contributed by atoms with Crippen molar-refractivity contribution in [1.29, 1.82) is 0 Å². The van der Waals surface area contributed by atoms with E-state index in [9.17, 15) is 9.59 Å². The number of carbonyl (C=O) groups is 2. The quantitative estimate of drug-likeness (QED) is 0.598. The molecule has 1 aromatic heterocycles. The van der Waals surface area contributed by atoms with Gasteiger partial charge in [0.25, 0.3) is 5.91 Å². The minimum Gasteiger partial charge on any atom is -0.453 e. The Morgan fingerprint density at radius 3 is 2.68 bits per heavy atom. The van der Waals surface area contributed by atoms with Gasteiger partial charge in [-0.1, -0.05) is 0 Å². The van der Waals surface area contributed by atoms with Crippen molar-refractivity contribution in [3.05, 3.63) is 17.6 Å². The highest BCUT2D eigenvalue weighted by molar-refractivity contribution is 5.82. The van der Waals surface area contributed by atoms with Crippen LogP contribution in [0, 0.1) is 0 Å². The molecule has 1 saturated carbocycles. The zero-order chi connectivity index (χ0) is 22.4. The molecule has 0 aromatic carbocycles. The van der Waals surface area contributed by atoms with Crippen LogP contribution < -0.4 is 10.2 Å². The van der Waals surface area contributed by atoms with Crippen molar-refractivity contribution in [3.63, 3.8) is 0 Å². The predicted molar refractivity (Wildman–Crippen MR) is 117 cm³/mol. The molecule has 2 amide bonds. The van der Waals surface area contributed by atoms with Crippen LogP contribution in [0.4, 0.5) is 10.6 Å². The van der Waals surface area contributed by atoms with Crippen molar-refractivity contribution < 1.29 is 19.1 Å². The SMILES string of the molecule is COC(=O)NCCCc1nc([C@@H](C)N(C(=O)[C@H]2CCCCO2)C2CC2)cnc1N(C)C. The van der Waals surface area contributed by atoms with Crippen molar-refractivity contribution >= 4 is 17.8 Å². The highest BCUT2D eigenvalue weighted by atomic mass is 16.5. The summed E-state index contributed by atoms with van der Waals surface area (Å²) in [5, 5.41) is 2.69. The lowest BCUT2D eigenvalue weighted by molar-refractivity contribution is -0.149. The first-order valence-corrected chi connectivity index (χ1v) is 11.2. The Kier molecular flexibility index (Phi) is 8.06. The maximum atomic E-state index is 13.3. The summed E-state index contributed by atoms with van der Waals surface area (Å²) in [5.41, 5.74) is 1.65. The lowest BCUT2D eigenvalue weighted by Crippen LogP contribution is -2.44. The summed E-state index contributed by atoms with van der Waals surface area (Å²) >= 11 is 0. The second-order valence-corrected chi connectivity index (χ2v) is 8.49. The van der Waals surface area contributed by atoms with Gasteiger partial charge in [0.1, 0.15) is 11.9 Å². The lowest BCUT2D eigenvalue weighted by Gasteiger charge is -2.34. The van der Waals surface area contributed by atoms with Gasteiger partial charge < -0.3 is 24.6 Å². The Bertz CT molecular complexity index is 762. The van der Waals surface area contributed by atoms with Crippen molar-refractivity contribution in [1.82, 2.24) is 20.2 Å². The molecule has 172 valence electrons. The van der Waals surface area contributed by atoms with Crippen LogP contribution in [0.2, 0.25) is 0 Å². The monoisotopic (exact) mass is 433 g/mol. The number of ether oxygens (including phenoxy) is 2. The van der Waals surface area contributed by atoms with E-state index in [0.717, 1.165) is 49.3 Å². The Morgan fingerprint density at radius 1 is 1.29 bits per heavy atom. The molecular formula is C22H35N5O4. The molecule has 1 aliphatic heterocycles. The van der Waals surface area contributed by atoms with Crippen molar-refractivity contribution in [2.45, 2.75) is 70.1 Å². The number of amides is 2. The van der Waals surface area contributed by atoms with E-state index in [1.54, 1.807) is 6.20 Å². The van der Waals surface area contributed by atoms with Crippen molar-refractivity contribution in [2.24, 2.45) is 0 Å². The number of rotatable bonds is 9. The van der Waals surface area contributed by atoms with E-state index < -0.39 is 6.09 Å². The minimum absolute atomic E-state index is 0.0806. The summed E-state index contributed by atoms with van der Waals surface area (Å²) in [6, 6.07) is 0.0947. The smallest absolute Gasteiger partial charge is 0.406 e. The van der Waals surface area contributed by atoms with Crippen molar-refractivity contribution in [3.8, 4) is 0 Å². The van der Waals surface area contributed by atoms with Crippen LogP contribution in [-0.2, 0) is 20.7 Å². The van der Waals surface area contributed by atoms with Gasteiger partial charge in [0.15, 0.2) is 0 Å². The molecule has 31 heavy (non-hydrogen) atoms. The Balaban J connectivity index is 1.74. The fourth-order valence-corrected chi connectivity index (χ4v) is 3.98. The van der Waals surface area contributed by atoms with Crippen LogP contribution >= 0.6 is 0 Å². The van der Waals surface area contributed by atoms with Gasteiger partial charge in [-0.25, -0.2) is 9.78 Å². The molecule has 1 aliphatic carbocycles. The van der Waals surface area contributed by atoms with E-state index in [0.29, 0.717) is 26.0 Å². The molecule has 3 rings (SSSR count). The number of anilines is 1.